The molecule has 0 aliphatic heterocycles. The fourth-order valence-corrected chi connectivity index (χ4v) is 2.09. The molecule has 5 heteroatoms. The Morgan fingerprint density at radius 1 is 1.47 bits per heavy atom. The molecule has 0 aliphatic carbocycles. The van der Waals surface area contributed by atoms with E-state index in [1.807, 2.05) is 26.0 Å². The molecule has 0 bridgehead atoms. The van der Waals surface area contributed by atoms with Crippen molar-refractivity contribution in [3.63, 3.8) is 0 Å². The normalized spacial score (nSPS) is 10.7. The molecule has 0 saturated heterocycles. The van der Waals surface area contributed by atoms with Gasteiger partial charge in [-0.3, -0.25) is 9.89 Å². The maximum atomic E-state index is 12.0. The first-order valence-electron chi connectivity index (χ1n) is 6.34. The Kier molecular flexibility index (Phi) is 4.04. The summed E-state index contributed by atoms with van der Waals surface area (Å²) < 4.78 is 5.23. The molecule has 1 amide bonds. The summed E-state index contributed by atoms with van der Waals surface area (Å²) in [7, 11) is 1.79. The third-order valence-corrected chi connectivity index (χ3v) is 3.27. The Bertz CT molecular complexity index is 524. The molecule has 2 heterocycles. The van der Waals surface area contributed by atoms with E-state index in [4.69, 9.17) is 4.42 Å². The third kappa shape index (κ3) is 3.24. The molecule has 2 aromatic rings. The molecular formula is C14H19N3O2. The van der Waals surface area contributed by atoms with Gasteiger partial charge in [-0.15, -0.1) is 0 Å². The molecule has 19 heavy (non-hydrogen) atoms. The van der Waals surface area contributed by atoms with Crippen LogP contribution in [0.4, 0.5) is 0 Å². The Labute approximate surface area is 112 Å². The molecule has 0 spiro atoms. The zero-order valence-corrected chi connectivity index (χ0v) is 11.6. The fraction of sp³-hybridized carbons (Fsp3) is 0.429. The van der Waals surface area contributed by atoms with Gasteiger partial charge < -0.3 is 9.32 Å². The minimum Gasteiger partial charge on any atom is -0.467 e. The number of nitrogens with zero attached hydrogens (tertiary/aromatic N) is 2. The predicted octanol–water partition coefficient (Wildman–Crippen LogP) is 2.21. The highest BCUT2D eigenvalue weighted by Gasteiger charge is 2.13. The summed E-state index contributed by atoms with van der Waals surface area (Å²) in [4.78, 5) is 13.7. The van der Waals surface area contributed by atoms with Gasteiger partial charge in [0.1, 0.15) is 5.76 Å². The molecule has 0 unspecified atom stereocenters. The van der Waals surface area contributed by atoms with Crippen molar-refractivity contribution in [1.82, 2.24) is 15.1 Å². The summed E-state index contributed by atoms with van der Waals surface area (Å²) >= 11 is 0. The first-order valence-corrected chi connectivity index (χ1v) is 6.34. The minimum absolute atomic E-state index is 0.108. The smallest absolute Gasteiger partial charge is 0.223 e. The van der Waals surface area contributed by atoms with E-state index < -0.39 is 0 Å². The lowest BCUT2D eigenvalue weighted by atomic mass is 10.1. The second kappa shape index (κ2) is 5.73. The molecule has 2 rings (SSSR count). The van der Waals surface area contributed by atoms with Crippen LogP contribution in [0.15, 0.2) is 22.8 Å². The van der Waals surface area contributed by atoms with Gasteiger partial charge in [0.25, 0.3) is 0 Å². The maximum absolute atomic E-state index is 12.0. The van der Waals surface area contributed by atoms with Gasteiger partial charge in [-0.2, -0.15) is 5.10 Å². The van der Waals surface area contributed by atoms with E-state index in [1.165, 1.54) is 0 Å². The van der Waals surface area contributed by atoms with Crippen molar-refractivity contribution in [3.05, 3.63) is 41.1 Å². The van der Waals surface area contributed by atoms with Gasteiger partial charge in [0.15, 0.2) is 0 Å². The quantitative estimate of drug-likeness (QED) is 0.897. The molecule has 0 aliphatic rings. The van der Waals surface area contributed by atoms with Crippen LogP contribution in [0.25, 0.3) is 0 Å². The van der Waals surface area contributed by atoms with Gasteiger partial charge in [-0.25, -0.2) is 0 Å². The summed E-state index contributed by atoms with van der Waals surface area (Å²) in [5.74, 6) is 0.905. The zero-order valence-electron chi connectivity index (χ0n) is 11.6. The van der Waals surface area contributed by atoms with Crippen LogP contribution in [0.3, 0.4) is 0 Å². The molecule has 1 N–H and O–H groups in total. The van der Waals surface area contributed by atoms with Gasteiger partial charge in [-0.1, -0.05) is 0 Å². The molecule has 102 valence electrons. The molecular weight excluding hydrogens is 242 g/mol. The second-order valence-electron chi connectivity index (χ2n) is 4.74. The number of hydrogen-bond acceptors (Lipinski definition) is 3. The number of H-pyrrole nitrogens is 1. The Morgan fingerprint density at radius 3 is 2.84 bits per heavy atom. The number of aryl methyl sites for hydroxylation is 2. The minimum atomic E-state index is 0.108. The molecule has 5 nitrogen and oxygen atoms in total. The van der Waals surface area contributed by atoms with E-state index in [9.17, 15) is 4.79 Å². The average molecular weight is 261 g/mol. The van der Waals surface area contributed by atoms with E-state index in [0.717, 1.165) is 29.1 Å². The predicted molar refractivity (Wildman–Crippen MR) is 71.6 cm³/mol. The van der Waals surface area contributed by atoms with Crippen molar-refractivity contribution in [2.75, 3.05) is 7.05 Å². The number of carbonyl (C=O) groups is 1. The van der Waals surface area contributed by atoms with Gasteiger partial charge in [-0.05, 0) is 38.0 Å². The molecule has 0 atom stereocenters. The number of amides is 1. The summed E-state index contributed by atoms with van der Waals surface area (Å²) in [5, 5.41) is 7.07. The molecule has 0 aromatic carbocycles. The van der Waals surface area contributed by atoms with Crippen LogP contribution in [-0.2, 0) is 17.8 Å². The summed E-state index contributed by atoms with van der Waals surface area (Å²) in [6, 6.07) is 3.69. The van der Waals surface area contributed by atoms with Crippen molar-refractivity contribution in [1.29, 1.82) is 0 Å². The average Bonchev–Trinajstić information content (AvgIpc) is 2.98. The number of furan rings is 1. The second-order valence-corrected chi connectivity index (χ2v) is 4.74. The first kappa shape index (κ1) is 13.4. The highest BCUT2D eigenvalue weighted by Crippen LogP contribution is 2.13. The number of nitrogens with one attached hydrogen (secondary N) is 1. The Balaban J connectivity index is 1.87. The van der Waals surface area contributed by atoms with Crippen LogP contribution < -0.4 is 0 Å². The lowest BCUT2D eigenvalue weighted by Gasteiger charge is -2.15. The third-order valence-electron chi connectivity index (χ3n) is 3.27. The lowest BCUT2D eigenvalue weighted by Crippen LogP contribution is -2.26. The van der Waals surface area contributed by atoms with Gasteiger partial charge in [0.05, 0.1) is 18.5 Å². The van der Waals surface area contributed by atoms with Crippen LogP contribution in [0.1, 0.15) is 29.1 Å². The van der Waals surface area contributed by atoms with Crippen LogP contribution in [0.5, 0.6) is 0 Å². The zero-order chi connectivity index (χ0) is 13.8. The number of aromatic nitrogens is 2. The van der Waals surface area contributed by atoms with Crippen LogP contribution in [0.2, 0.25) is 0 Å². The summed E-state index contributed by atoms with van der Waals surface area (Å²) in [6.45, 7) is 4.44. The standard InChI is InChI=1S/C14H19N3O2/c1-10-13(11(2)16-15-10)6-7-14(18)17(3)9-12-5-4-8-19-12/h4-5,8H,6-7,9H2,1-3H3,(H,15,16). The molecule has 0 saturated carbocycles. The number of rotatable bonds is 5. The van der Waals surface area contributed by atoms with Crippen molar-refractivity contribution >= 4 is 5.91 Å². The van der Waals surface area contributed by atoms with Crippen molar-refractivity contribution in [3.8, 4) is 0 Å². The molecule has 0 fully saturated rings. The highest BCUT2D eigenvalue weighted by molar-refractivity contribution is 5.76. The van der Waals surface area contributed by atoms with Gasteiger partial charge in [0.2, 0.25) is 5.91 Å². The van der Waals surface area contributed by atoms with Crippen molar-refractivity contribution in [2.45, 2.75) is 33.2 Å². The SMILES string of the molecule is Cc1n[nH]c(C)c1CCC(=O)N(C)Cc1ccco1. The van der Waals surface area contributed by atoms with E-state index >= 15 is 0 Å². The van der Waals surface area contributed by atoms with Gasteiger partial charge in [0, 0.05) is 19.2 Å². The number of aromatic amines is 1. The highest BCUT2D eigenvalue weighted by atomic mass is 16.3. The maximum Gasteiger partial charge on any atom is 0.223 e. The number of carbonyl (C=O) groups excluding carboxylic acids is 1. The van der Waals surface area contributed by atoms with Gasteiger partial charge >= 0.3 is 0 Å². The van der Waals surface area contributed by atoms with E-state index in [-0.39, 0.29) is 5.91 Å². The summed E-state index contributed by atoms with van der Waals surface area (Å²) in [5.41, 5.74) is 3.15. The summed E-state index contributed by atoms with van der Waals surface area (Å²) in [6.07, 6.45) is 2.82. The van der Waals surface area contributed by atoms with Crippen LogP contribution in [-0.4, -0.2) is 28.1 Å². The fourth-order valence-electron chi connectivity index (χ4n) is 2.09. The van der Waals surface area contributed by atoms with Crippen molar-refractivity contribution in [2.24, 2.45) is 0 Å². The topological polar surface area (TPSA) is 62.1 Å². The molecule has 2 aromatic heterocycles. The van der Waals surface area contributed by atoms with E-state index in [1.54, 1.807) is 18.2 Å². The number of hydrogen-bond donors (Lipinski definition) is 1. The van der Waals surface area contributed by atoms with Crippen LogP contribution >= 0.6 is 0 Å². The largest absolute Gasteiger partial charge is 0.467 e. The first-order chi connectivity index (χ1) is 9.08. The Morgan fingerprint density at radius 2 is 2.26 bits per heavy atom. The van der Waals surface area contributed by atoms with Crippen LogP contribution in [0, 0.1) is 13.8 Å². The van der Waals surface area contributed by atoms with E-state index in [2.05, 4.69) is 10.2 Å². The Hall–Kier alpha value is -2.04. The molecule has 0 radical (unpaired) electrons. The monoisotopic (exact) mass is 261 g/mol. The van der Waals surface area contributed by atoms with E-state index in [0.29, 0.717) is 13.0 Å². The van der Waals surface area contributed by atoms with Crippen molar-refractivity contribution < 1.29 is 9.21 Å². The lowest BCUT2D eigenvalue weighted by molar-refractivity contribution is -0.130.